The zero-order chi connectivity index (χ0) is 28.9. The van der Waals surface area contributed by atoms with Crippen LogP contribution in [0.4, 0.5) is 0 Å². The fourth-order valence-corrected chi connectivity index (χ4v) is 5.36. The number of benzene rings is 4. The highest BCUT2D eigenvalue weighted by atomic mass is 32.1. The number of rotatable bonds is 9. The summed E-state index contributed by atoms with van der Waals surface area (Å²) < 4.78 is 6.28. The standard InChI is InChI=1S/C34H28N4O3S/c39-33(40)30-31(26-21-35-27-19-11-10-18-25(26)27)41-32(37-30)28(20-22-12-4-1-5-13-22)36-34(42)38-29(23-14-6-2-7-15-23)24-16-8-3-9-17-24/h1-19,21,28-29,35H,20H2,(H,39,40)(H2,36,38,42)/t28-/m0/s1. The predicted octanol–water partition coefficient (Wildman–Crippen LogP) is 7.06. The van der Waals surface area contributed by atoms with E-state index < -0.39 is 12.0 Å². The van der Waals surface area contributed by atoms with Crippen LogP contribution in [0, 0.1) is 0 Å². The minimum Gasteiger partial charge on any atom is -0.476 e. The van der Waals surface area contributed by atoms with Crippen LogP contribution in [0.5, 0.6) is 0 Å². The third-order valence-corrected chi connectivity index (χ3v) is 7.34. The van der Waals surface area contributed by atoms with Crippen molar-refractivity contribution in [2.24, 2.45) is 0 Å². The first-order valence-corrected chi connectivity index (χ1v) is 14.0. The number of H-pyrrole nitrogens is 1. The maximum Gasteiger partial charge on any atom is 0.358 e. The van der Waals surface area contributed by atoms with Gasteiger partial charge < -0.3 is 25.1 Å². The number of carbonyl (C=O) groups is 1. The Morgan fingerprint density at radius 2 is 1.43 bits per heavy atom. The highest BCUT2D eigenvalue weighted by Gasteiger charge is 2.28. The van der Waals surface area contributed by atoms with Gasteiger partial charge in [0.15, 0.2) is 16.6 Å². The van der Waals surface area contributed by atoms with Crippen molar-refractivity contribution < 1.29 is 14.3 Å². The molecule has 0 saturated heterocycles. The maximum atomic E-state index is 12.3. The molecule has 4 N–H and O–H groups in total. The summed E-state index contributed by atoms with van der Waals surface area (Å²) in [6.07, 6.45) is 2.22. The monoisotopic (exact) mass is 572 g/mol. The smallest absolute Gasteiger partial charge is 0.358 e. The Labute approximate surface area is 248 Å². The van der Waals surface area contributed by atoms with Crippen LogP contribution in [-0.2, 0) is 6.42 Å². The van der Waals surface area contributed by atoms with Gasteiger partial charge in [-0.2, -0.15) is 0 Å². The molecule has 2 heterocycles. The lowest BCUT2D eigenvalue weighted by Gasteiger charge is -2.24. The minimum absolute atomic E-state index is 0.153. The van der Waals surface area contributed by atoms with Gasteiger partial charge in [0.05, 0.1) is 6.04 Å². The zero-order valence-corrected chi connectivity index (χ0v) is 23.3. The molecule has 6 rings (SSSR count). The zero-order valence-electron chi connectivity index (χ0n) is 22.5. The number of nitrogens with zero attached hydrogens (tertiary/aromatic N) is 1. The van der Waals surface area contributed by atoms with Crippen LogP contribution in [-0.4, -0.2) is 26.2 Å². The Morgan fingerprint density at radius 3 is 2.07 bits per heavy atom. The SMILES string of the molecule is O=C(O)c1nc([C@H](Cc2ccccc2)NC(=S)NC(c2ccccc2)c2ccccc2)oc1-c1c[nH]c2ccccc12. The van der Waals surface area contributed by atoms with Gasteiger partial charge in [0.25, 0.3) is 0 Å². The van der Waals surface area contributed by atoms with Crippen LogP contribution in [0.15, 0.2) is 126 Å². The maximum absolute atomic E-state index is 12.3. The molecule has 8 heteroatoms. The van der Waals surface area contributed by atoms with Gasteiger partial charge in [0, 0.05) is 29.1 Å². The van der Waals surface area contributed by atoms with Crippen LogP contribution < -0.4 is 10.6 Å². The largest absolute Gasteiger partial charge is 0.476 e. The summed E-state index contributed by atoms with van der Waals surface area (Å²) in [5.74, 6) is -0.741. The van der Waals surface area contributed by atoms with Crippen LogP contribution in [0.1, 0.15) is 45.2 Å². The van der Waals surface area contributed by atoms with Crippen LogP contribution in [0.2, 0.25) is 0 Å². The number of hydrogen-bond donors (Lipinski definition) is 4. The summed E-state index contributed by atoms with van der Waals surface area (Å²) in [6, 6.07) is 36.9. The summed E-state index contributed by atoms with van der Waals surface area (Å²) in [5, 5.41) is 18.2. The average molecular weight is 573 g/mol. The molecule has 0 aliphatic heterocycles. The molecule has 0 aliphatic carbocycles. The first-order chi connectivity index (χ1) is 20.6. The van der Waals surface area contributed by atoms with E-state index in [4.69, 9.17) is 16.6 Å². The lowest BCUT2D eigenvalue weighted by molar-refractivity contribution is 0.0691. The normalized spacial score (nSPS) is 11.8. The van der Waals surface area contributed by atoms with Crippen molar-refractivity contribution >= 4 is 34.2 Å². The first kappa shape index (κ1) is 27.0. The van der Waals surface area contributed by atoms with Crippen molar-refractivity contribution in [3.05, 3.63) is 150 Å². The Kier molecular flexibility index (Phi) is 7.79. The molecule has 0 saturated carbocycles. The van der Waals surface area contributed by atoms with Gasteiger partial charge in [-0.1, -0.05) is 109 Å². The summed E-state index contributed by atoms with van der Waals surface area (Å²) in [7, 11) is 0. The van der Waals surface area contributed by atoms with E-state index in [2.05, 4.69) is 44.9 Å². The molecule has 4 aromatic carbocycles. The molecule has 1 atom stereocenters. The molecule has 0 amide bonds. The van der Waals surface area contributed by atoms with Crippen LogP contribution >= 0.6 is 12.2 Å². The van der Waals surface area contributed by atoms with E-state index in [-0.39, 0.29) is 23.4 Å². The number of aromatic carboxylic acids is 1. The second-order valence-corrected chi connectivity index (χ2v) is 10.3. The van der Waals surface area contributed by atoms with Gasteiger partial charge in [0.1, 0.15) is 6.04 Å². The summed E-state index contributed by atoms with van der Waals surface area (Å²) in [6.45, 7) is 0. The molecule has 0 spiro atoms. The summed E-state index contributed by atoms with van der Waals surface area (Å²) >= 11 is 5.84. The Balaban J connectivity index is 1.35. The molecule has 0 unspecified atom stereocenters. The Bertz CT molecular complexity index is 1780. The molecule has 208 valence electrons. The third kappa shape index (κ3) is 5.80. The van der Waals surface area contributed by atoms with E-state index in [0.717, 1.165) is 27.6 Å². The predicted molar refractivity (Wildman–Crippen MR) is 167 cm³/mol. The van der Waals surface area contributed by atoms with E-state index in [9.17, 15) is 9.90 Å². The molecule has 0 bridgehead atoms. The minimum atomic E-state index is -1.17. The number of fused-ring (bicyclic) bond motifs is 1. The molecular weight excluding hydrogens is 544 g/mol. The van der Waals surface area contributed by atoms with Crippen molar-refractivity contribution in [3.8, 4) is 11.3 Å². The van der Waals surface area contributed by atoms with Gasteiger partial charge in [-0.25, -0.2) is 9.78 Å². The number of nitrogens with one attached hydrogen (secondary N) is 3. The topological polar surface area (TPSA) is 103 Å². The summed E-state index contributed by atoms with van der Waals surface area (Å²) in [4.78, 5) is 20.0. The van der Waals surface area contributed by atoms with E-state index >= 15 is 0 Å². The number of para-hydroxylation sites is 1. The van der Waals surface area contributed by atoms with E-state index in [1.54, 1.807) is 6.20 Å². The lowest BCUT2D eigenvalue weighted by atomic mass is 9.99. The number of thiocarbonyl (C=S) groups is 1. The first-order valence-electron chi connectivity index (χ1n) is 13.6. The van der Waals surface area contributed by atoms with Gasteiger partial charge in [-0.3, -0.25) is 0 Å². The molecule has 2 aromatic heterocycles. The van der Waals surface area contributed by atoms with Crippen LogP contribution in [0.3, 0.4) is 0 Å². The quantitative estimate of drug-likeness (QED) is 0.138. The molecule has 0 aliphatic rings. The molecule has 0 fully saturated rings. The van der Waals surface area contributed by atoms with Gasteiger partial charge in [-0.05, 0) is 35.0 Å². The Morgan fingerprint density at radius 1 is 0.833 bits per heavy atom. The van der Waals surface area contributed by atoms with Crippen molar-refractivity contribution in [1.29, 1.82) is 0 Å². The lowest BCUT2D eigenvalue weighted by Crippen LogP contribution is -2.40. The number of oxazole rings is 1. The van der Waals surface area contributed by atoms with E-state index in [1.165, 1.54) is 0 Å². The molecular formula is C34H28N4O3S. The second kappa shape index (κ2) is 12.1. The van der Waals surface area contributed by atoms with Crippen molar-refractivity contribution in [2.45, 2.75) is 18.5 Å². The van der Waals surface area contributed by atoms with Crippen molar-refractivity contribution in [2.75, 3.05) is 0 Å². The van der Waals surface area contributed by atoms with Crippen molar-refractivity contribution in [1.82, 2.24) is 20.6 Å². The third-order valence-electron chi connectivity index (χ3n) is 7.11. The number of aromatic amines is 1. The molecule has 6 aromatic rings. The molecule has 42 heavy (non-hydrogen) atoms. The van der Waals surface area contributed by atoms with E-state index in [0.29, 0.717) is 17.1 Å². The van der Waals surface area contributed by atoms with Gasteiger partial charge in [-0.15, -0.1) is 0 Å². The highest BCUT2D eigenvalue weighted by molar-refractivity contribution is 7.80. The fraction of sp³-hybridized carbons (Fsp3) is 0.0882. The summed E-state index contributed by atoms with van der Waals surface area (Å²) in [5.41, 5.74) is 4.48. The highest BCUT2D eigenvalue weighted by Crippen LogP contribution is 2.34. The number of carboxylic acids is 1. The molecule has 0 radical (unpaired) electrons. The number of aromatic nitrogens is 2. The van der Waals surface area contributed by atoms with Gasteiger partial charge in [0.2, 0.25) is 5.89 Å². The van der Waals surface area contributed by atoms with Gasteiger partial charge >= 0.3 is 5.97 Å². The number of hydrogen-bond acceptors (Lipinski definition) is 4. The van der Waals surface area contributed by atoms with Crippen LogP contribution in [0.25, 0.3) is 22.2 Å². The number of carboxylic acid groups (broad SMARTS) is 1. The fourth-order valence-electron chi connectivity index (χ4n) is 5.10. The second-order valence-electron chi connectivity index (χ2n) is 9.90. The van der Waals surface area contributed by atoms with E-state index in [1.807, 2.05) is 91.0 Å². The average Bonchev–Trinajstić information content (AvgIpc) is 3.66. The Hall–Kier alpha value is -5.21. The molecule has 7 nitrogen and oxygen atoms in total. The van der Waals surface area contributed by atoms with Crippen molar-refractivity contribution in [3.63, 3.8) is 0 Å².